The number of methoxy groups -OCH3 is 1. The third-order valence-electron chi connectivity index (χ3n) is 5.09. The largest absolute Gasteiger partial charge is 0.495 e. The molecule has 0 saturated carbocycles. The van der Waals surface area contributed by atoms with Crippen molar-refractivity contribution in [3.8, 4) is 5.75 Å². The third-order valence-corrected chi connectivity index (χ3v) is 5.32. The van der Waals surface area contributed by atoms with Gasteiger partial charge in [0.2, 0.25) is 17.8 Å². The van der Waals surface area contributed by atoms with Gasteiger partial charge >= 0.3 is 0 Å². The molecule has 1 saturated heterocycles. The van der Waals surface area contributed by atoms with Crippen LogP contribution in [0.25, 0.3) is 0 Å². The van der Waals surface area contributed by atoms with Gasteiger partial charge in [-0.3, -0.25) is 0 Å². The van der Waals surface area contributed by atoms with E-state index in [0.717, 1.165) is 5.69 Å². The Balaban J connectivity index is 1.69. The molecular formula is C22H25ClN6O2. The summed E-state index contributed by atoms with van der Waals surface area (Å²) in [6.45, 7) is 6.86. The van der Waals surface area contributed by atoms with Crippen LogP contribution in [0.1, 0.15) is 11.1 Å². The highest BCUT2D eigenvalue weighted by molar-refractivity contribution is 6.31. The van der Waals surface area contributed by atoms with Crippen LogP contribution in [0.3, 0.4) is 0 Å². The quantitative estimate of drug-likeness (QED) is 0.580. The molecule has 4 rings (SSSR count). The molecule has 0 unspecified atom stereocenters. The van der Waals surface area contributed by atoms with Gasteiger partial charge in [0.1, 0.15) is 5.75 Å². The number of hydrogen-bond donors (Lipinski definition) is 2. The molecule has 0 aliphatic carbocycles. The molecule has 0 amide bonds. The van der Waals surface area contributed by atoms with Crippen molar-refractivity contribution < 1.29 is 9.47 Å². The molecule has 31 heavy (non-hydrogen) atoms. The molecule has 1 aromatic heterocycles. The minimum atomic E-state index is 0.392. The van der Waals surface area contributed by atoms with Crippen LogP contribution < -0.4 is 20.3 Å². The normalized spacial score (nSPS) is 13.7. The van der Waals surface area contributed by atoms with Crippen molar-refractivity contribution in [2.75, 3.05) is 48.9 Å². The summed E-state index contributed by atoms with van der Waals surface area (Å²) >= 11 is 6.18. The van der Waals surface area contributed by atoms with Gasteiger partial charge in [-0.25, -0.2) is 0 Å². The first-order chi connectivity index (χ1) is 15.0. The molecule has 9 heteroatoms. The molecule has 1 fully saturated rings. The van der Waals surface area contributed by atoms with Gasteiger partial charge in [0, 0.05) is 23.8 Å². The van der Waals surface area contributed by atoms with Gasteiger partial charge in [-0.2, -0.15) is 15.0 Å². The fourth-order valence-electron chi connectivity index (χ4n) is 3.23. The number of halogens is 1. The lowest BCUT2D eigenvalue weighted by Gasteiger charge is -2.27. The summed E-state index contributed by atoms with van der Waals surface area (Å²) in [4.78, 5) is 15.9. The lowest BCUT2D eigenvalue weighted by molar-refractivity contribution is 0.122. The van der Waals surface area contributed by atoms with E-state index in [1.165, 1.54) is 11.1 Å². The Morgan fingerprint density at radius 2 is 1.68 bits per heavy atom. The van der Waals surface area contributed by atoms with E-state index in [1.807, 2.05) is 6.07 Å². The molecular weight excluding hydrogens is 416 g/mol. The number of benzene rings is 2. The van der Waals surface area contributed by atoms with Gasteiger partial charge in [-0.1, -0.05) is 17.7 Å². The summed E-state index contributed by atoms with van der Waals surface area (Å²) in [6, 6.07) is 11.5. The maximum Gasteiger partial charge on any atom is 0.233 e. The van der Waals surface area contributed by atoms with Crippen LogP contribution in [0.2, 0.25) is 5.02 Å². The SMILES string of the molecule is COc1ccc(Cl)cc1Nc1nc(Nc2ccc(C)c(C)c2)nc(N2CCOCC2)n1. The lowest BCUT2D eigenvalue weighted by atomic mass is 10.1. The number of anilines is 5. The van der Waals surface area contributed by atoms with E-state index in [0.29, 0.717) is 60.6 Å². The minimum absolute atomic E-state index is 0.392. The molecule has 0 bridgehead atoms. The Bertz CT molecular complexity index is 1070. The molecule has 2 aromatic carbocycles. The summed E-state index contributed by atoms with van der Waals surface area (Å²) in [5.41, 5.74) is 4.00. The molecule has 0 radical (unpaired) electrons. The predicted molar refractivity (Wildman–Crippen MR) is 123 cm³/mol. The highest BCUT2D eigenvalue weighted by atomic mass is 35.5. The van der Waals surface area contributed by atoms with Gasteiger partial charge < -0.3 is 25.0 Å². The second-order valence-electron chi connectivity index (χ2n) is 7.28. The first kappa shape index (κ1) is 21.1. The Hall–Kier alpha value is -3.10. The Morgan fingerprint density at radius 3 is 2.39 bits per heavy atom. The van der Waals surface area contributed by atoms with Crippen LogP contribution >= 0.6 is 11.6 Å². The van der Waals surface area contributed by atoms with Crippen LogP contribution in [0.5, 0.6) is 5.75 Å². The number of morpholine rings is 1. The van der Waals surface area contributed by atoms with Gasteiger partial charge in [0.25, 0.3) is 0 Å². The van der Waals surface area contributed by atoms with Crippen LogP contribution in [0.4, 0.5) is 29.2 Å². The standard InChI is InChI=1S/C22H25ClN6O2/c1-14-4-6-17(12-15(14)2)24-20-26-21(25-18-13-16(23)5-7-19(18)30-3)28-22(27-20)29-8-10-31-11-9-29/h4-7,12-13H,8-11H2,1-3H3,(H2,24,25,26,27,28). The van der Waals surface area contributed by atoms with Gasteiger partial charge in [-0.05, 0) is 55.3 Å². The fraction of sp³-hybridized carbons (Fsp3) is 0.318. The smallest absolute Gasteiger partial charge is 0.233 e. The van der Waals surface area contributed by atoms with Crippen LogP contribution in [0, 0.1) is 13.8 Å². The molecule has 162 valence electrons. The van der Waals surface area contributed by atoms with Crippen LogP contribution in [0.15, 0.2) is 36.4 Å². The number of aryl methyl sites for hydroxylation is 2. The van der Waals surface area contributed by atoms with Gasteiger partial charge in [-0.15, -0.1) is 0 Å². The zero-order chi connectivity index (χ0) is 21.8. The van der Waals surface area contributed by atoms with E-state index in [9.17, 15) is 0 Å². The maximum absolute atomic E-state index is 6.18. The van der Waals surface area contributed by atoms with Crippen molar-refractivity contribution in [1.29, 1.82) is 0 Å². The molecule has 2 heterocycles. The summed E-state index contributed by atoms with van der Waals surface area (Å²) in [7, 11) is 1.60. The second kappa shape index (κ2) is 9.36. The Kier molecular flexibility index (Phi) is 6.39. The molecule has 0 atom stereocenters. The van der Waals surface area contributed by atoms with E-state index >= 15 is 0 Å². The van der Waals surface area contributed by atoms with Gasteiger partial charge in [0.15, 0.2) is 0 Å². The van der Waals surface area contributed by atoms with Crippen molar-refractivity contribution >= 4 is 40.8 Å². The topological polar surface area (TPSA) is 84.4 Å². The highest BCUT2D eigenvalue weighted by Crippen LogP contribution is 2.30. The van der Waals surface area contributed by atoms with Crippen LogP contribution in [-0.4, -0.2) is 48.4 Å². The number of rotatable bonds is 6. The van der Waals surface area contributed by atoms with E-state index in [1.54, 1.807) is 25.3 Å². The maximum atomic E-state index is 6.18. The van der Waals surface area contributed by atoms with Crippen molar-refractivity contribution in [3.05, 3.63) is 52.5 Å². The minimum Gasteiger partial charge on any atom is -0.495 e. The van der Waals surface area contributed by atoms with E-state index in [-0.39, 0.29) is 0 Å². The first-order valence-corrected chi connectivity index (χ1v) is 10.4. The van der Waals surface area contributed by atoms with Crippen LogP contribution in [-0.2, 0) is 4.74 Å². The number of ether oxygens (including phenoxy) is 2. The summed E-state index contributed by atoms with van der Waals surface area (Å²) in [5.74, 6) is 2.06. The number of hydrogen-bond acceptors (Lipinski definition) is 8. The third kappa shape index (κ3) is 5.15. The summed E-state index contributed by atoms with van der Waals surface area (Å²) < 4.78 is 10.9. The van der Waals surface area contributed by atoms with E-state index < -0.39 is 0 Å². The first-order valence-electron chi connectivity index (χ1n) is 10.1. The average molecular weight is 441 g/mol. The molecule has 8 nitrogen and oxygen atoms in total. The number of nitrogens with zero attached hydrogens (tertiary/aromatic N) is 4. The summed E-state index contributed by atoms with van der Waals surface area (Å²) in [5, 5.41) is 7.10. The molecule has 2 N–H and O–H groups in total. The molecule has 1 aliphatic heterocycles. The van der Waals surface area contributed by atoms with Gasteiger partial charge in [0.05, 0.1) is 26.0 Å². The highest BCUT2D eigenvalue weighted by Gasteiger charge is 2.18. The fourth-order valence-corrected chi connectivity index (χ4v) is 3.40. The summed E-state index contributed by atoms with van der Waals surface area (Å²) in [6.07, 6.45) is 0. The zero-order valence-corrected chi connectivity index (χ0v) is 18.5. The molecule has 0 spiro atoms. The van der Waals surface area contributed by atoms with E-state index in [2.05, 4.69) is 56.5 Å². The van der Waals surface area contributed by atoms with E-state index in [4.69, 9.17) is 21.1 Å². The molecule has 1 aliphatic rings. The van der Waals surface area contributed by atoms with Crippen molar-refractivity contribution in [2.45, 2.75) is 13.8 Å². The predicted octanol–water partition coefficient (Wildman–Crippen LogP) is 4.47. The van der Waals surface area contributed by atoms with Crippen molar-refractivity contribution in [3.63, 3.8) is 0 Å². The number of aromatic nitrogens is 3. The second-order valence-corrected chi connectivity index (χ2v) is 7.71. The molecule has 3 aromatic rings. The zero-order valence-electron chi connectivity index (χ0n) is 17.8. The van der Waals surface area contributed by atoms with Crippen molar-refractivity contribution in [1.82, 2.24) is 15.0 Å². The monoisotopic (exact) mass is 440 g/mol. The van der Waals surface area contributed by atoms with Crippen molar-refractivity contribution in [2.24, 2.45) is 0 Å². The number of nitrogens with one attached hydrogen (secondary N) is 2. The Morgan fingerprint density at radius 1 is 0.935 bits per heavy atom. The average Bonchev–Trinajstić information content (AvgIpc) is 2.77. The Labute approximate surface area is 186 Å². The lowest BCUT2D eigenvalue weighted by Crippen LogP contribution is -2.37.